The largest absolute Gasteiger partial charge is 0.480 e. The summed E-state index contributed by atoms with van der Waals surface area (Å²) in [7, 11) is 0. The summed E-state index contributed by atoms with van der Waals surface area (Å²) in [6.07, 6.45) is 0. The van der Waals surface area contributed by atoms with Gasteiger partial charge in [-0.05, 0) is 17.7 Å². The summed E-state index contributed by atoms with van der Waals surface area (Å²) >= 11 is 7.18. The molecule has 0 aliphatic rings. The van der Waals surface area contributed by atoms with Crippen molar-refractivity contribution in [3.8, 4) is 0 Å². The van der Waals surface area contributed by atoms with Crippen molar-refractivity contribution in [1.29, 1.82) is 0 Å². The van der Waals surface area contributed by atoms with Crippen molar-refractivity contribution < 1.29 is 19.5 Å². The third-order valence-electron chi connectivity index (χ3n) is 2.30. The van der Waals surface area contributed by atoms with E-state index in [0.717, 1.165) is 5.56 Å². The molecule has 0 radical (unpaired) electrons. The van der Waals surface area contributed by atoms with E-state index in [1.165, 1.54) is 11.8 Å². The zero-order valence-electron chi connectivity index (χ0n) is 11.1. The number of aliphatic carboxylic acids is 1. The van der Waals surface area contributed by atoms with E-state index in [2.05, 4.69) is 10.6 Å². The summed E-state index contributed by atoms with van der Waals surface area (Å²) in [4.78, 5) is 32.9. The molecule has 0 spiro atoms. The van der Waals surface area contributed by atoms with Gasteiger partial charge in [-0.3, -0.25) is 14.4 Å². The van der Waals surface area contributed by atoms with Gasteiger partial charge in [-0.25, -0.2) is 0 Å². The number of hydrogen-bond donors (Lipinski definition) is 3. The average Bonchev–Trinajstić information content (AvgIpc) is 2.45. The SMILES string of the molecule is O=C(O)CNC(=O)CNC(=O)CSCc1ccc(Cl)cc1. The second-order valence-corrected chi connectivity index (χ2v) is 5.49. The molecule has 0 aliphatic carbocycles. The van der Waals surface area contributed by atoms with E-state index in [9.17, 15) is 14.4 Å². The van der Waals surface area contributed by atoms with Gasteiger partial charge in [0.15, 0.2) is 0 Å². The van der Waals surface area contributed by atoms with Crippen LogP contribution in [0.2, 0.25) is 5.02 Å². The van der Waals surface area contributed by atoms with Crippen molar-refractivity contribution >= 4 is 41.1 Å². The van der Waals surface area contributed by atoms with Crippen LogP contribution in [-0.4, -0.2) is 41.7 Å². The summed E-state index contributed by atoms with van der Waals surface area (Å²) in [5.41, 5.74) is 1.05. The second kappa shape index (κ2) is 9.25. The highest BCUT2D eigenvalue weighted by Crippen LogP contribution is 2.15. The highest BCUT2D eigenvalue weighted by atomic mass is 35.5. The van der Waals surface area contributed by atoms with E-state index in [1.807, 2.05) is 12.1 Å². The molecule has 0 heterocycles. The number of carbonyl (C=O) groups excluding carboxylic acids is 2. The fourth-order valence-electron chi connectivity index (χ4n) is 1.31. The molecule has 114 valence electrons. The average molecular weight is 331 g/mol. The number of nitrogens with one attached hydrogen (secondary N) is 2. The number of carboxylic acid groups (broad SMARTS) is 1. The summed E-state index contributed by atoms with van der Waals surface area (Å²) in [5.74, 6) is -1.06. The number of carboxylic acids is 1. The van der Waals surface area contributed by atoms with Crippen LogP contribution < -0.4 is 10.6 Å². The van der Waals surface area contributed by atoms with Crippen LogP contribution in [0, 0.1) is 0 Å². The zero-order valence-corrected chi connectivity index (χ0v) is 12.7. The Morgan fingerprint density at radius 2 is 1.67 bits per heavy atom. The Balaban J connectivity index is 2.15. The molecule has 8 heteroatoms. The van der Waals surface area contributed by atoms with Crippen molar-refractivity contribution in [1.82, 2.24) is 10.6 Å². The molecule has 0 atom stereocenters. The van der Waals surface area contributed by atoms with Gasteiger partial charge >= 0.3 is 5.97 Å². The standard InChI is InChI=1S/C13H15ClN2O4S/c14-10-3-1-9(2-4-10)7-21-8-12(18)15-5-11(17)16-6-13(19)20/h1-4H,5-8H2,(H,15,18)(H,16,17)(H,19,20). The van der Waals surface area contributed by atoms with E-state index in [4.69, 9.17) is 16.7 Å². The molecule has 1 aromatic carbocycles. The minimum atomic E-state index is -1.13. The Labute approximate surface area is 131 Å². The molecular formula is C13H15ClN2O4S. The molecule has 1 rings (SSSR count). The molecule has 1 aromatic rings. The fourth-order valence-corrected chi connectivity index (χ4v) is 2.25. The molecule has 0 aromatic heterocycles. The molecule has 0 saturated heterocycles. The van der Waals surface area contributed by atoms with E-state index < -0.39 is 18.4 Å². The summed E-state index contributed by atoms with van der Waals surface area (Å²) in [5, 5.41) is 13.6. The van der Waals surface area contributed by atoms with E-state index in [1.54, 1.807) is 12.1 Å². The highest BCUT2D eigenvalue weighted by Gasteiger charge is 2.07. The quantitative estimate of drug-likeness (QED) is 0.658. The molecule has 0 bridgehead atoms. The van der Waals surface area contributed by atoms with Crippen molar-refractivity contribution in [3.63, 3.8) is 0 Å². The van der Waals surface area contributed by atoms with Crippen LogP contribution in [0.1, 0.15) is 5.56 Å². The molecule has 2 amide bonds. The maximum absolute atomic E-state index is 11.5. The number of thioether (sulfide) groups is 1. The first kappa shape index (κ1) is 17.3. The Kier molecular flexibility index (Phi) is 7.63. The van der Waals surface area contributed by atoms with Gasteiger partial charge in [-0.2, -0.15) is 0 Å². The number of carbonyl (C=O) groups is 3. The van der Waals surface area contributed by atoms with Gasteiger partial charge in [0.2, 0.25) is 11.8 Å². The summed E-state index contributed by atoms with van der Waals surface area (Å²) in [6.45, 7) is -0.687. The Morgan fingerprint density at radius 3 is 2.29 bits per heavy atom. The molecule has 21 heavy (non-hydrogen) atoms. The van der Waals surface area contributed by atoms with Crippen LogP contribution in [0.5, 0.6) is 0 Å². The van der Waals surface area contributed by atoms with Crippen LogP contribution in [0.15, 0.2) is 24.3 Å². The molecule has 0 fully saturated rings. The lowest BCUT2D eigenvalue weighted by Crippen LogP contribution is -2.39. The first-order chi connectivity index (χ1) is 9.97. The second-order valence-electron chi connectivity index (χ2n) is 4.07. The van der Waals surface area contributed by atoms with Crippen molar-refractivity contribution in [2.45, 2.75) is 5.75 Å². The molecule has 3 N–H and O–H groups in total. The lowest BCUT2D eigenvalue weighted by atomic mass is 10.2. The number of amides is 2. The van der Waals surface area contributed by atoms with Crippen LogP contribution in [-0.2, 0) is 20.1 Å². The van der Waals surface area contributed by atoms with Crippen molar-refractivity contribution in [3.05, 3.63) is 34.9 Å². The van der Waals surface area contributed by atoms with Gasteiger partial charge in [0.1, 0.15) is 6.54 Å². The van der Waals surface area contributed by atoms with E-state index in [-0.39, 0.29) is 18.2 Å². The number of halogens is 1. The maximum atomic E-state index is 11.5. The predicted molar refractivity (Wildman–Crippen MR) is 81.3 cm³/mol. The lowest BCUT2D eigenvalue weighted by Gasteiger charge is -2.05. The van der Waals surface area contributed by atoms with Gasteiger partial charge in [0.25, 0.3) is 0 Å². The van der Waals surface area contributed by atoms with Gasteiger partial charge in [-0.15, -0.1) is 11.8 Å². The number of benzene rings is 1. The normalized spacial score (nSPS) is 9.95. The Morgan fingerprint density at radius 1 is 1.05 bits per heavy atom. The number of hydrogen-bond acceptors (Lipinski definition) is 4. The lowest BCUT2D eigenvalue weighted by molar-refractivity contribution is -0.137. The Bertz CT molecular complexity index is 507. The molecular weight excluding hydrogens is 316 g/mol. The maximum Gasteiger partial charge on any atom is 0.322 e. The predicted octanol–water partition coefficient (Wildman–Crippen LogP) is 0.890. The van der Waals surface area contributed by atoms with Gasteiger partial charge in [0, 0.05) is 10.8 Å². The third-order valence-corrected chi connectivity index (χ3v) is 3.55. The topological polar surface area (TPSA) is 95.5 Å². The minimum Gasteiger partial charge on any atom is -0.480 e. The smallest absolute Gasteiger partial charge is 0.322 e. The van der Waals surface area contributed by atoms with Gasteiger partial charge in [0.05, 0.1) is 12.3 Å². The Hall–Kier alpha value is -1.73. The molecule has 0 unspecified atom stereocenters. The van der Waals surface area contributed by atoms with Crippen molar-refractivity contribution in [2.24, 2.45) is 0 Å². The summed E-state index contributed by atoms with van der Waals surface area (Å²) < 4.78 is 0. The van der Waals surface area contributed by atoms with Crippen LogP contribution in [0.3, 0.4) is 0 Å². The van der Waals surface area contributed by atoms with E-state index in [0.29, 0.717) is 10.8 Å². The van der Waals surface area contributed by atoms with Crippen LogP contribution in [0.4, 0.5) is 0 Å². The first-order valence-corrected chi connectivity index (χ1v) is 7.58. The molecule has 6 nitrogen and oxygen atoms in total. The highest BCUT2D eigenvalue weighted by molar-refractivity contribution is 7.99. The minimum absolute atomic E-state index is 0.217. The zero-order chi connectivity index (χ0) is 15.7. The monoisotopic (exact) mass is 330 g/mol. The third kappa shape index (κ3) is 8.21. The number of rotatable bonds is 8. The fraction of sp³-hybridized carbons (Fsp3) is 0.308. The summed E-state index contributed by atoms with van der Waals surface area (Å²) in [6, 6.07) is 7.33. The molecule has 0 aliphatic heterocycles. The first-order valence-electron chi connectivity index (χ1n) is 6.04. The van der Waals surface area contributed by atoms with Crippen LogP contribution in [0.25, 0.3) is 0 Å². The van der Waals surface area contributed by atoms with E-state index >= 15 is 0 Å². The van der Waals surface area contributed by atoms with Crippen LogP contribution >= 0.6 is 23.4 Å². The van der Waals surface area contributed by atoms with Crippen molar-refractivity contribution in [2.75, 3.05) is 18.8 Å². The molecule has 0 saturated carbocycles. The van der Waals surface area contributed by atoms with Gasteiger partial charge in [-0.1, -0.05) is 23.7 Å². The van der Waals surface area contributed by atoms with Gasteiger partial charge < -0.3 is 15.7 Å².